The van der Waals surface area contributed by atoms with Gasteiger partial charge in [-0.2, -0.15) is 0 Å². The summed E-state index contributed by atoms with van der Waals surface area (Å²) in [4.78, 5) is 5.15. The molecule has 0 saturated carbocycles. The molecule has 1 aliphatic heterocycles. The monoisotopic (exact) mass is 424 g/mol. The van der Waals surface area contributed by atoms with Crippen LogP contribution in [0, 0.1) is 0 Å². The summed E-state index contributed by atoms with van der Waals surface area (Å²) in [7, 11) is 0. The minimum atomic E-state index is -0.138. The lowest BCUT2D eigenvalue weighted by Gasteiger charge is -2.30. The third-order valence-electron chi connectivity index (χ3n) is 6.49. The predicted octanol–water partition coefficient (Wildman–Crippen LogP) is 8.44. The number of hydrogen-bond donors (Lipinski definition) is 1. The SMILES string of the molecule is CC(C)(C)c1ccc(Nc2cccc3c2N=C(c2ccccc2)C3(C)C)cc1C(C)(C)C. The molecule has 3 aromatic carbocycles. The summed E-state index contributed by atoms with van der Waals surface area (Å²) in [6.07, 6.45) is 0. The summed E-state index contributed by atoms with van der Waals surface area (Å²) in [6.45, 7) is 18.3. The predicted molar refractivity (Wildman–Crippen MR) is 139 cm³/mol. The molecule has 4 rings (SSSR count). The number of para-hydroxylation sites is 1. The number of nitrogens with one attached hydrogen (secondary N) is 1. The molecule has 0 aliphatic carbocycles. The van der Waals surface area contributed by atoms with E-state index < -0.39 is 0 Å². The van der Waals surface area contributed by atoms with Gasteiger partial charge in [0.1, 0.15) is 0 Å². The summed E-state index contributed by atoms with van der Waals surface area (Å²) in [6, 6.07) is 23.8. The van der Waals surface area contributed by atoms with Gasteiger partial charge in [-0.15, -0.1) is 0 Å². The van der Waals surface area contributed by atoms with Crippen LogP contribution in [-0.2, 0) is 16.2 Å². The second kappa shape index (κ2) is 7.62. The van der Waals surface area contributed by atoms with Gasteiger partial charge in [0.15, 0.2) is 0 Å². The van der Waals surface area contributed by atoms with Gasteiger partial charge in [-0.25, -0.2) is 4.99 Å². The fourth-order valence-electron chi connectivity index (χ4n) is 4.72. The molecule has 0 spiro atoms. The molecular formula is C30H36N2. The van der Waals surface area contributed by atoms with Crippen molar-refractivity contribution in [3.63, 3.8) is 0 Å². The fourth-order valence-corrected chi connectivity index (χ4v) is 4.72. The molecule has 0 saturated heterocycles. The van der Waals surface area contributed by atoms with Gasteiger partial charge < -0.3 is 5.32 Å². The molecule has 1 aliphatic rings. The Bertz CT molecular complexity index is 1170. The molecule has 1 heterocycles. The van der Waals surface area contributed by atoms with E-state index in [2.05, 4.69) is 127 Å². The van der Waals surface area contributed by atoms with E-state index in [-0.39, 0.29) is 16.2 Å². The van der Waals surface area contributed by atoms with Gasteiger partial charge in [0, 0.05) is 11.1 Å². The number of fused-ring (bicyclic) bond motifs is 1. The van der Waals surface area contributed by atoms with Crippen LogP contribution in [0.15, 0.2) is 71.7 Å². The van der Waals surface area contributed by atoms with E-state index in [4.69, 9.17) is 4.99 Å². The van der Waals surface area contributed by atoms with Crippen LogP contribution in [0.25, 0.3) is 0 Å². The Morgan fingerprint density at radius 2 is 1.38 bits per heavy atom. The van der Waals surface area contributed by atoms with Gasteiger partial charge in [-0.3, -0.25) is 0 Å². The van der Waals surface area contributed by atoms with Crippen LogP contribution in [0.2, 0.25) is 0 Å². The number of nitrogens with zero attached hydrogens (tertiary/aromatic N) is 1. The Hall–Kier alpha value is -2.87. The van der Waals surface area contributed by atoms with Crippen molar-refractivity contribution in [2.75, 3.05) is 5.32 Å². The van der Waals surface area contributed by atoms with Crippen LogP contribution in [-0.4, -0.2) is 5.71 Å². The average Bonchev–Trinajstić information content (AvgIpc) is 2.99. The maximum absolute atomic E-state index is 5.15. The summed E-state index contributed by atoms with van der Waals surface area (Å²) >= 11 is 0. The summed E-state index contributed by atoms with van der Waals surface area (Å²) < 4.78 is 0. The second-order valence-electron chi connectivity index (χ2n) is 11.5. The van der Waals surface area contributed by atoms with Crippen molar-refractivity contribution in [3.8, 4) is 0 Å². The van der Waals surface area contributed by atoms with Crippen molar-refractivity contribution in [2.24, 2.45) is 4.99 Å². The van der Waals surface area contributed by atoms with Crippen molar-refractivity contribution in [3.05, 3.63) is 89.0 Å². The molecule has 0 fully saturated rings. The Morgan fingerprint density at radius 1 is 0.719 bits per heavy atom. The van der Waals surface area contributed by atoms with Gasteiger partial charge in [0.2, 0.25) is 0 Å². The lowest BCUT2D eigenvalue weighted by Crippen LogP contribution is -2.26. The zero-order valence-corrected chi connectivity index (χ0v) is 20.8. The van der Waals surface area contributed by atoms with Crippen LogP contribution in [0.4, 0.5) is 17.1 Å². The van der Waals surface area contributed by atoms with Crippen molar-refractivity contribution in [1.82, 2.24) is 0 Å². The molecule has 32 heavy (non-hydrogen) atoms. The van der Waals surface area contributed by atoms with Gasteiger partial charge >= 0.3 is 0 Å². The Morgan fingerprint density at radius 3 is 2.00 bits per heavy atom. The summed E-state index contributed by atoms with van der Waals surface area (Å²) in [5, 5.41) is 3.70. The van der Waals surface area contributed by atoms with Gasteiger partial charge in [-0.1, -0.05) is 104 Å². The van der Waals surface area contributed by atoms with E-state index in [1.54, 1.807) is 0 Å². The molecule has 0 atom stereocenters. The van der Waals surface area contributed by atoms with E-state index in [1.807, 2.05) is 0 Å². The molecule has 3 aromatic rings. The zero-order chi connectivity index (χ0) is 23.3. The highest BCUT2D eigenvalue weighted by Crippen LogP contribution is 2.46. The highest BCUT2D eigenvalue weighted by molar-refractivity contribution is 6.13. The molecule has 0 bridgehead atoms. The van der Waals surface area contributed by atoms with Crippen LogP contribution < -0.4 is 5.32 Å². The molecule has 0 aromatic heterocycles. The third kappa shape index (κ3) is 3.99. The Kier molecular flexibility index (Phi) is 5.32. The molecular weight excluding hydrogens is 388 g/mol. The van der Waals surface area contributed by atoms with Gasteiger partial charge in [-0.05, 0) is 51.3 Å². The first kappa shape index (κ1) is 22.3. The van der Waals surface area contributed by atoms with Gasteiger partial charge in [0.25, 0.3) is 0 Å². The van der Waals surface area contributed by atoms with E-state index >= 15 is 0 Å². The summed E-state index contributed by atoms with van der Waals surface area (Å²) in [5.41, 5.74) is 9.62. The van der Waals surface area contributed by atoms with Crippen molar-refractivity contribution in [1.29, 1.82) is 0 Å². The third-order valence-corrected chi connectivity index (χ3v) is 6.49. The van der Waals surface area contributed by atoms with Gasteiger partial charge in [0.05, 0.1) is 17.1 Å². The first-order valence-corrected chi connectivity index (χ1v) is 11.6. The Labute approximate surface area is 193 Å². The van der Waals surface area contributed by atoms with Crippen molar-refractivity contribution < 1.29 is 0 Å². The first-order valence-electron chi connectivity index (χ1n) is 11.6. The van der Waals surface area contributed by atoms with Crippen LogP contribution in [0.1, 0.15) is 77.6 Å². The normalized spacial score (nSPS) is 15.3. The zero-order valence-electron chi connectivity index (χ0n) is 20.8. The van der Waals surface area contributed by atoms with Crippen LogP contribution >= 0.6 is 0 Å². The van der Waals surface area contributed by atoms with Crippen LogP contribution in [0.3, 0.4) is 0 Å². The average molecular weight is 425 g/mol. The number of benzene rings is 3. The number of rotatable bonds is 3. The maximum atomic E-state index is 5.15. The molecule has 1 N–H and O–H groups in total. The van der Waals surface area contributed by atoms with Crippen molar-refractivity contribution in [2.45, 2.75) is 71.6 Å². The highest BCUT2D eigenvalue weighted by atomic mass is 14.9. The summed E-state index contributed by atoms with van der Waals surface area (Å²) in [5.74, 6) is 0. The molecule has 166 valence electrons. The van der Waals surface area contributed by atoms with E-state index in [9.17, 15) is 0 Å². The minimum absolute atomic E-state index is 0.0690. The number of aliphatic imine (C=N–C) groups is 1. The quantitative estimate of drug-likeness (QED) is 0.448. The fraction of sp³-hybridized carbons (Fsp3) is 0.367. The molecule has 0 amide bonds. The molecule has 0 unspecified atom stereocenters. The first-order chi connectivity index (χ1) is 14.9. The topological polar surface area (TPSA) is 24.4 Å². The molecule has 2 heteroatoms. The number of anilines is 2. The standard InChI is InChI=1S/C30H36N2/c1-28(2,3)22-18-17-21(19-24(22)29(4,5)6)31-25-16-12-15-23-26(25)32-27(30(23,7)8)20-13-10-9-11-14-20/h9-19,31H,1-8H3. The minimum Gasteiger partial charge on any atom is -0.354 e. The van der Waals surface area contributed by atoms with E-state index in [0.29, 0.717) is 0 Å². The lowest BCUT2D eigenvalue weighted by molar-refractivity contribution is 0.530. The maximum Gasteiger partial charge on any atom is 0.0909 e. The smallest absolute Gasteiger partial charge is 0.0909 e. The number of hydrogen-bond acceptors (Lipinski definition) is 2. The lowest BCUT2D eigenvalue weighted by atomic mass is 9.75. The van der Waals surface area contributed by atoms with E-state index in [1.165, 1.54) is 22.3 Å². The largest absolute Gasteiger partial charge is 0.354 e. The second-order valence-corrected chi connectivity index (χ2v) is 11.5. The molecule has 2 nitrogen and oxygen atoms in total. The van der Waals surface area contributed by atoms with E-state index in [0.717, 1.165) is 22.8 Å². The van der Waals surface area contributed by atoms with Crippen molar-refractivity contribution >= 4 is 22.8 Å². The Balaban J connectivity index is 1.78. The van der Waals surface area contributed by atoms with Crippen LogP contribution in [0.5, 0.6) is 0 Å². The molecule has 0 radical (unpaired) electrons. The highest BCUT2D eigenvalue weighted by Gasteiger charge is 2.36.